The minimum absolute atomic E-state index is 0.161. The molecule has 1 atom stereocenters. The van der Waals surface area contributed by atoms with Gasteiger partial charge in [-0.3, -0.25) is 0 Å². The molecule has 2 aliphatic heterocycles. The summed E-state index contributed by atoms with van der Waals surface area (Å²) in [5.41, 5.74) is 1.58. The first-order valence-corrected chi connectivity index (χ1v) is 11.8. The third kappa shape index (κ3) is 3.37. The van der Waals surface area contributed by atoms with Gasteiger partial charge >= 0.3 is 0 Å². The van der Waals surface area contributed by atoms with Crippen LogP contribution in [-0.4, -0.2) is 51.3 Å². The largest absolute Gasteiger partial charge is 0.497 e. The lowest BCUT2D eigenvalue weighted by atomic mass is 10.0. The van der Waals surface area contributed by atoms with Gasteiger partial charge in [-0.2, -0.15) is 4.31 Å². The van der Waals surface area contributed by atoms with Crippen molar-refractivity contribution < 1.29 is 27.4 Å². The number of nitrogens with zero attached hydrogens (tertiary/aromatic N) is 2. The van der Waals surface area contributed by atoms with Crippen molar-refractivity contribution in [1.82, 2.24) is 8.87 Å². The molecule has 32 heavy (non-hydrogen) atoms. The van der Waals surface area contributed by atoms with Crippen molar-refractivity contribution in [2.24, 2.45) is 0 Å². The van der Waals surface area contributed by atoms with Crippen LogP contribution < -0.4 is 18.9 Å². The first-order chi connectivity index (χ1) is 15.5. The molecular formula is C23H24N2O6S. The number of benzene rings is 2. The molecule has 1 unspecified atom stereocenters. The summed E-state index contributed by atoms with van der Waals surface area (Å²) >= 11 is 0. The molecule has 0 fully saturated rings. The zero-order chi connectivity index (χ0) is 22.3. The number of hydrogen-bond donors (Lipinski definition) is 0. The van der Waals surface area contributed by atoms with Gasteiger partial charge in [-0.15, -0.1) is 0 Å². The van der Waals surface area contributed by atoms with Gasteiger partial charge in [-0.1, -0.05) is 0 Å². The van der Waals surface area contributed by atoms with Gasteiger partial charge in [0.1, 0.15) is 24.7 Å². The number of rotatable bonds is 5. The lowest BCUT2D eigenvalue weighted by molar-refractivity contribution is 0.171. The van der Waals surface area contributed by atoms with Gasteiger partial charge in [0, 0.05) is 36.6 Å². The maximum absolute atomic E-state index is 13.9. The summed E-state index contributed by atoms with van der Waals surface area (Å²) in [6.07, 6.45) is 1.96. The van der Waals surface area contributed by atoms with Crippen LogP contribution in [0.1, 0.15) is 17.3 Å². The quantitative estimate of drug-likeness (QED) is 0.587. The number of aromatic nitrogens is 1. The zero-order valence-corrected chi connectivity index (χ0v) is 18.7. The topological polar surface area (TPSA) is 79.2 Å². The number of fused-ring (bicyclic) bond motifs is 2. The molecule has 3 heterocycles. The second-order valence-corrected chi connectivity index (χ2v) is 9.45. The van der Waals surface area contributed by atoms with Crippen LogP contribution >= 0.6 is 0 Å². The van der Waals surface area contributed by atoms with Crippen LogP contribution in [0.3, 0.4) is 0 Å². The molecule has 168 valence electrons. The molecule has 2 aromatic carbocycles. The third-order valence-corrected chi connectivity index (χ3v) is 7.71. The molecule has 0 bridgehead atoms. The maximum atomic E-state index is 13.9. The highest BCUT2D eigenvalue weighted by molar-refractivity contribution is 7.89. The van der Waals surface area contributed by atoms with Gasteiger partial charge in [0.2, 0.25) is 10.0 Å². The molecule has 5 rings (SSSR count). The Kier molecular flexibility index (Phi) is 5.22. The van der Waals surface area contributed by atoms with Crippen LogP contribution in [0.25, 0.3) is 0 Å². The monoisotopic (exact) mass is 456 g/mol. The Morgan fingerprint density at radius 3 is 2.53 bits per heavy atom. The second kappa shape index (κ2) is 8.07. The Hall–Kier alpha value is -3.17. The highest BCUT2D eigenvalue weighted by atomic mass is 32.2. The molecule has 9 heteroatoms. The summed E-state index contributed by atoms with van der Waals surface area (Å²) < 4.78 is 53.6. The molecule has 0 spiro atoms. The maximum Gasteiger partial charge on any atom is 0.244 e. The average Bonchev–Trinajstić information content (AvgIpc) is 3.31. The van der Waals surface area contributed by atoms with E-state index in [2.05, 4.69) is 4.57 Å². The Bertz CT molecular complexity index is 1250. The highest BCUT2D eigenvalue weighted by Gasteiger charge is 2.39. The van der Waals surface area contributed by atoms with Crippen LogP contribution in [0.5, 0.6) is 23.0 Å². The van der Waals surface area contributed by atoms with Crippen LogP contribution in [0.15, 0.2) is 59.6 Å². The fraction of sp³-hybridized carbons (Fsp3) is 0.304. The molecule has 3 aromatic rings. The fourth-order valence-electron chi connectivity index (χ4n) is 4.31. The molecular weight excluding hydrogens is 432 g/mol. The summed E-state index contributed by atoms with van der Waals surface area (Å²) in [6, 6.07) is 13.5. The van der Waals surface area contributed by atoms with Crippen molar-refractivity contribution in [2.75, 3.05) is 34.0 Å². The van der Waals surface area contributed by atoms with Crippen LogP contribution in [-0.2, 0) is 16.6 Å². The van der Waals surface area contributed by atoms with Crippen molar-refractivity contribution in [1.29, 1.82) is 0 Å². The molecule has 0 amide bonds. The second-order valence-electron chi connectivity index (χ2n) is 7.56. The van der Waals surface area contributed by atoms with Crippen LogP contribution in [0.2, 0.25) is 0 Å². The van der Waals surface area contributed by atoms with Crippen LogP contribution in [0, 0.1) is 0 Å². The van der Waals surface area contributed by atoms with E-state index in [0.717, 1.165) is 5.69 Å². The smallest absolute Gasteiger partial charge is 0.244 e. The Balaban J connectivity index is 1.65. The van der Waals surface area contributed by atoms with Gasteiger partial charge in [0.15, 0.2) is 11.5 Å². The number of hydrogen-bond acceptors (Lipinski definition) is 6. The SMILES string of the molecule is COc1ccc(OC)c(C2c3cccn3CCN2S(=O)(=O)c2ccc3c(c2)OCCO3)c1. The zero-order valence-electron chi connectivity index (χ0n) is 17.9. The Labute approximate surface area is 186 Å². The average molecular weight is 457 g/mol. The minimum atomic E-state index is -3.87. The molecule has 2 aliphatic rings. The van der Waals surface area contributed by atoms with Gasteiger partial charge in [0.05, 0.1) is 25.2 Å². The van der Waals surface area contributed by atoms with Gasteiger partial charge in [-0.05, 0) is 42.5 Å². The summed E-state index contributed by atoms with van der Waals surface area (Å²) in [5, 5.41) is 0. The Morgan fingerprint density at radius 1 is 0.938 bits per heavy atom. The molecule has 0 saturated heterocycles. The minimum Gasteiger partial charge on any atom is -0.497 e. The van der Waals surface area contributed by atoms with Crippen molar-refractivity contribution in [3.05, 3.63) is 66.0 Å². The lowest BCUT2D eigenvalue weighted by Crippen LogP contribution is -2.42. The van der Waals surface area contributed by atoms with Gasteiger partial charge in [0.25, 0.3) is 0 Å². The van der Waals surface area contributed by atoms with Crippen molar-refractivity contribution in [3.63, 3.8) is 0 Å². The van der Waals surface area contributed by atoms with Crippen LogP contribution in [0.4, 0.5) is 0 Å². The van der Waals surface area contributed by atoms with E-state index in [0.29, 0.717) is 54.9 Å². The first kappa shape index (κ1) is 20.7. The standard InChI is InChI=1S/C23H24N2O6S/c1-28-16-5-7-20(29-2)18(14-16)23-19-4-3-9-24(19)10-11-25(23)32(26,27)17-6-8-21-22(15-17)31-13-12-30-21/h3-9,14-15,23H,10-13H2,1-2H3. The van der Waals surface area contributed by atoms with Gasteiger partial charge < -0.3 is 23.5 Å². The molecule has 8 nitrogen and oxygen atoms in total. The third-order valence-electron chi connectivity index (χ3n) is 5.85. The van der Waals surface area contributed by atoms with E-state index >= 15 is 0 Å². The molecule has 0 aliphatic carbocycles. The normalized spacial score (nSPS) is 18.1. The van der Waals surface area contributed by atoms with Crippen molar-refractivity contribution in [2.45, 2.75) is 17.5 Å². The number of ether oxygens (including phenoxy) is 4. The van der Waals surface area contributed by atoms with E-state index in [9.17, 15) is 8.42 Å². The highest BCUT2D eigenvalue weighted by Crippen LogP contribution is 2.42. The predicted octanol–water partition coefficient (Wildman–Crippen LogP) is 3.07. The number of sulfonamides is 1. The lowest BCUT2D eigenvalue weighted by Gasteiger charge is -2.37. The van der Waals surface area contributed by atoms with E-state index in [1.165, 1.54) is 10.4 Å². The summed E-state index contributed by atoms with van der Waals surface area (Å²) in [4.78, 5) is 0.161. The number of methoxy groups -OCH3 is 2. The summed E-state index contributed by atoms with van der Waals surface area (Å²) in [6.45, 7) is 1.69. The van der Waals surface area contributed by atoms with E-state index in [-0.39, 0.29) is 4.90 Å². The molecule has 1 aromatic heterocycles. The molecule has 0 radical (unpaired) electrons. The van der Waals surface area contributed by atoms with Crippen molar-refractivity contribution >= 4 is 10.0 Å². The molecule has 0 N–H and O–H groups in total. The Morgan fingerprint density at radius 2 is 1.75 bits per heavy atom. The predicted molar refractivity (Wildman–Crippen MR) is 117 cm³/mol. The van der Waals surface area contributed by atoms with E-state index in [4.69, 9.17) is 18.9 Å². The van der Waals surface area contributed by atoms with Gasteiger partial charge in [-0.25, -0.2) is 8.42 Å². The summed E-state index contributed by atoms with van der Waals surface area (Å²) in [5.74, 6) is 2.20. The van der Waals surface area contributed by atoms with E-state index < -0.39 is 16.1 Å². The fourth-order valence-corrected chi connectivity index (χ4v) is 5.90. The summed E-state index contributed by atoms with van der Waals surface area (Å²) in [7, 11) is -0.711. The van der Waals surface area contributed by atoms with Crippen molar-refractivity contribution in [3.8, 4) is 23.0 Å². The van der Waals surface area contributed by atoms with E-state index in [1.54, 1.807) is 38.5 Å². The molecule has 0 saturated carbocycles. The van der Waals surface area contributed by atoms with E-state index in [1.807, 2.05) is 24.4 Å². The first-order valence-electron chi connectivity index (χ1n) is 10.3.